The van der Waals surface area contributed by atoms with Crippen LogP contribution in [-0.4, -0.2) is 41.6 Å². The molecule has 0 spiro atoms. The lowest BCUT2D eigenvalue weighted by Crippen LogP contribution is -2.40. The number of nitrogens with one attached hydrogen (secondary N) is 1. The summed E-state index contributed by atoms with van der Waals surface area (Å²) in [5, 5.41) is 11.9. The van der Waals surface area contributed by atoms with E-state index in [1.165, 1.54) is 83.5 Å². The number of ether oxygens (including phenoxy) is 1. The van der Waals surface area contributed by atoms with E-state index in [1.54, 1.807) is 0 Å². The Morgan fingerprint density at radius 1 is 0.596 bits per heavy atom. The van der Waals surface area contributed by atoms with Crippen molar-refractivity contribution >= 4 is 17.8 Å². The highest BCUT2D eigenvalue weighted by atomic mass is 16.5. The number of nitrogens with two attached hydrogens (primary N) is 1. The Bertz CT molecular complexity index is 957. The minimum atomic E-state index is -1.01. The van der Waals surface area contributed by atoms with Crippen LogP contribution in [0.1, 0.15) is 200 Å². The zero-order valence-corrected chi connectivity index (χ0v) is 33.6. The molecule has 0 aromatic rings. The van der Waals surface area contributed by atoms with E-state index in [2.05, 4.69) is 67.8 Å². The van der Waals surface area contributed by atoms with Gasteiger partial charge in [-0.05, 0) is 96.1 Å². The molecule has 2 atom stereocenters. The quantitative estimate of drug-likeness (QED) is 0.0331. The van der Waals surface area contributed by atoms with E-state index >= 15 is 0 Å². The largest absolute Gasteiger partial charge is 0.480 e. The highest BCUT2D eigenvalue weighted by molar-refractivity contribution is 5.83. The lowest BCUT2D eigenvalue weighted by molar-refractivity contribution is -0.147. The molecule has 0 aromatic carbocycles. The second-order valence-corrected chi connectivity index (χ2v) is 14.4. The fourth-order valence-corrected chi connectivity index (χ4v) is 6.14. The first-order valence-electron chi connectivity index (χ1n) is 21.5. The summed E-state index contributed by atoms with van der Waals surface area (Å²) in [7, 11) is 0. The molecule has 52 heavy (non-hydrogen) atoms. The van der Waals surface area contributed by atoms with E-state index < -0.39 is 12.0 Å². The number of carbonyl (C=O) groups excluding carboxylic acids is 2. The van der Waals surface area contributed by atoms with Crippen LogP contribution in [0, 0.1) is 0 Å². The SMILES string of the molecule is CC/C=C\C/C=C\C/C=C\C(CCCCCCCCC(=O)NC(CCCN)C(=O)O)OC(=O)CCCCCCCCC/C=C\CCCCCCCC. The fourth-order valence-electron chi connectivity index (χ4n) is 6.14. The van der Waals surface area contributed by atoms with Gasteiger partial charge in [0.1, 0.15) is 12.1 Å². The van der Waals surface area contributed by atoms with E-state index in [0.29, 0.717) is 32.2 Å². The molecule has 4 N–H and O–H groups in total. The number of carboxylic acids is 1. The van der Waals surface area contributed by atoms with Crippen molar-refractivity contribution in [1.82, 2.24) is 5.32 Å². The molecule has 7 heteroatoms. The highest BCUT2D eigenvalue weighted by Crippen LogP contribution is 2.16. The van der Waals surface area contributed by atoms with Gasteiger partial charge >= 0.3 is 11.9 Å². The van der Waals surface area contributed by atoms with Crippen molar-refractivity contribution in [3.05, 3.63) is 48.6 Å². The van der Waals surface area contributed by atoms with Gasteiger partial charge in [0.05, 0.1) is 0 Å². The Kier molecular flexibility index (Phi) is 37.5. The third kappa shape index (κ3) is 35.7. The molecule has 7 nitrogen and oxygen atoms in total. The maximum absolute atomic E-state index is 12.7. The standard InChI is InChI=1S/C45H80N2O5/c1-3-5-7-9-11-13-14-15-16-17-18-19-20-21-23-29-33-39-44(49)52-41(35-30-26-22-12-10-8-6-4-2)36-31-27-24-25-28-32-38-43(48)47-42(45(50)51)37-34-40-46/h6,8,12,15-16,22,30,35,41-42H,3-5,7,9-11,13-14,17-21,23-29,31-34,36-40,46H2,1-2H3,(H,47,48)(H,50,51)/b8-6-,16-15-,22-12-,35-30-. The number of allylic oxidation sites excluding steroid dienone is 7. The second kappa shape index (κ2) is 39.5. The molecule has 0 saturated carbocycles. The summed E-state index contributed by atoms with van der Waals surface area (Å²) in [6, 6.07) is -0.858. The molecule has 0 radical (unpaired) electrons. The van der Waals surface area contributed by atoms with Crippen molar-refractivity contribution in [1.29, 1.82) is 0 Å². The zero-order valence-electron chi connectivity index (χ0n) is 33.6. The van der Waals surface area contributed by atoms with Gasteiger partial charge in [0.25, 0.3) is 0 Å². The van der Waals surface area contributed by atoms with Crippen LogP contribution in [-0.2, 0) is 19.1 Å². The molecule has 300 valence electrons. The third-order valence-corrected chi connectivity index (χ3v) is 9.36. The van der Waals surface area contributed by atoms with Crippen molar-refractivity contribution in [2.24, 2.45) is 5.73 Å². The number of rotatable bonds is 38. The van der Waals surface area contributed by atoms with Crippen molar-refractivity contribution < 1.29 is 24.2 Å². The maximum atomic E-state index is 12.7. The van der Waals surface area contributed by atoms with Gasteiger partial charge in [-0.2, -0.15) is 0 Å². The smallest absolute Gasteiger partial charge is 0.326 e. The molecule has 0 aliphatic carbocycles. The third-order valence-electron chi connectivity index (χ3n) is 9.36. The molecular weight excluding hydrogens is 649 g/mol. The van der Waals surface area contributed by atoms with E-state index in [-0.39, 0.29) is 18.0 Å². The van der Waals surface area contributed by atoms with Crippen LogP contribution in [0.15, 0.2) is 48.6 Å². The number of esters is 1. The van der Waals surface area contributed by atoms with Crippen LogP contribution in [0.2, 0.25) is 0 Å². The first-order chi connectivity index (χ1) is 25.4. The van der Waals surface area contributed by atoms with Crippen LogP contribution >= 0.6 is 0 Å². The van der Waals surface area contributed by atoms with Gasteiger partial charge < -0.3 is 20.9 Å². The van der Waals surface area contributed by atoms with Crippen LogP contribution in [0.3, 0.4) is 0 Å². The monoisotopic (exact) mass is 729 g/mol. The predicted octanol–water partition coefficient (Wildman–Crippen LogP) is 12.0. The highest BCUT2D eigenvalue weighted by Gasteiger charge is 2.18. The van der Waals surface area contributed by atoms with Crippen molar-refractivity contribution in [2.75, 3.05) is 6.54 Å². The normalized spacial score (nSPS) is 13.1. The van der Waals surface area contributed by atoms with E-state index in [1.807, 2.05) is 0 Å². The van der Waals surface area contributed by atoms with Gasteiger partial charge in [-0.15, -0.1) is 0 Å². The number of amides is 1. The maximum Gasteiger partial charge on any atom is 0.326 e. The number of unbranched alkanes of at least 4 members (excludes halogenated alkanes) is 18. The topological polar surface area (TPSA) is 119 Å². The first kappa shape index (κ1) is 49.3. The van der Waals surface area contributed by atoms with Crippen LogP contribution in [0.25, 0.3) is 0 Å². The molecule has 0 saturated heterocycles. The summed E-state index contributed by atoms with van der Waals surface area (Å²) >= 11 is 0. The van der Waals surface area contributed by atoms with E-state index in [4.69, 9.17) is 10.5 Å². The number of carboxylic acid groups (broad SMARTS) is 1. The summed E-state index contributed by atoms with van der Waals surface area (Å²) in [5.74, 6) is -1.31. The average Bonchev–Trinajstić information content (AvgIpc) is 3.13. The van der Waals surface area contributed by atoms with Gasteiger partial charge in [-0.25, -0.2) is 4.79 Å². The van der Waals surface area contributed by atoms with Gasteiger partial charge in [-0.1, -0.05) is 146 Å². The minimum absolute atomic E-state index is 0.0888. The van der Waals surface area contributed by atoms with Crippen molar-refractivity contribution in [2.45, 2.75) is 212 Å². The van der Waals surface area contributed by atoms with Gasteiger partial charge in [0.15, 0.2) is 0 Å². The van der Waals surface area contributed by atoms with Crippen molar-refractivity contribution in [3.8, 4) is 0 Å². The van der Waals surface area contributed by atoms with Crippen LogP contribution in [0.5, 0.6) is 0 Å². The Morgan fingerprint density at radius 3 is 1.69 bits per heavy atom. The molecule has 0 aliphatic rings. The molecule has 2 unspecified atom stereocenters. The van der Waals surface area contributed by atoms with Crippen LogP contribution < -0.4 is 11.1 Å². The molecule has 0 rings (SSSR count). The molecule has 0 heterocycles. The minimum Gasteiger partial charge on any atom is -0.480 e. The van der Waals surface area contributed by atoms with E-state index in [9.17, 15) is 19.5 Å². The van der Waals surface area contributed by atoms with Gasteiger partial charge in [0.2, 0.25) is 5.91 Å². The Labute approximate surface area is 319 Å². The molecule has 0 fully saturated rings. The Morgan fingerprint density at radius 2 is 1.12 bits per heavy atom. The number of hydrogen-bond acceptors (Lipinski definition) is 5. The Hall–Kier alpha value is -2.67. The summed E-state index contributed by atoms with van der Waals surface area (Å²) in [5.41, 5.74) is 5.47. The first-order valence-corrected chi connectivity index (χ1v) is 21.5. The molecule has 1 amide bonds. The predicted molar refractivity (Wildman–Crippen MR) is 220 cm³/mol. The van der Waals surface area contributed by atoms with Crippen LogP contribution in [0.4, 0.5) is 0 Å². The average molecular weight is 729 g/mol. The van der Waals surface area contributed by atoms with Crippen molar-refractivity contribution in [3.63, 3.8) is 0 Å². The molecular formula is C45H80N2O5. The van der Waals surface area contributed by atoms with E-state index in [0.717, 1.165) is 77.0 Å². The summed E-state index contributed by atoms with van der Waals surface area (Å²) in [6.07, 6.45) is 47.5. The van der Waals surface area contributed by atoms with Gasteiger partial charge in [-0.3, -0.25) is 9.59 Å². The molecule has 0 bridgehead atoms. The molecule has 0 aromatic heterocycles. The fraction of sp³-hybridized carbons (Fsp3) is 0.756. The summed E-state index contributed by atoms with van der Waals surface area (Å²) in [6.45, 7) is 4.81. The summed E-state index contributed by atoms with van der Waals surface area (Å²) < 4.78 is 5.92. The zero-order chi connectivity index (χ0) is 38.2. The lowest BCUT2D eigenvalue weighted by Gasteiger charge is -2.15. The molecule has 0 aliphatic heterocycles. The summed E-state index contributed by atoms with van der Waals surface area (Å²) in [4.78, 5) is 36.2. The number of carbonyl (C=O) groups is 3. The number of hydrogen-bond donors (Lipinski definition) is 3. The van der Waals surface area contributed by atoms with Gasteiger partial charge in [0, 0.05) is 12.8 Å². The lowest BCUT2D eigenvalue weighted by atomic mass is 10.0. The second-order valence-electron chi connectivity index (χ2n) is 14.4. The Balaban J connectivity index is 4.25. The number of aliphatic carboxylic acids is 1.